The van der Waals surface area contributed by atoms with E-state index < -0.39 is 0 Å². The van der Waals surface area contributed by atoms with Gasteiger partial charge in [0.15, 0.2) is 0 Å². The molecule has 0 spiro atoms. The highest BCUT2D eigenvalue weighted by Gasteiger charge is 2.13. The van der Waals surface area contributed by atoms with Gasteiger partial charge in [0.1, 0.15) is 12.4 Å². The summed E-state index contributed by atoms with van der Waals surface area (Å²) in [6.45, 7) is 6.47. The van der Waals surface area contributed by atoms with Crippen molar-refractivity contribution in [1.29, 1.82) is 0 Å². The molecule has 1 fully saturated rings. The average molecular weight is 412 g/mol. The highest BCUT2D eigenvalue weighted by Crippen LogP contribution is 2.32. The van der Waals surface area contributed by atoms with E-state index in [-0.39, 0.29) is 0 Å². The highest BCUT2D eigenvalue weighted by atomic mass is 16.5. The van der Waals surface area contributed by atoms with E-state index in [9.17, 15) is 0 Å². The number of benzene rings is 3. The third-order valence-corrected chi connectivity index (χ3v) is 6.14. The van der Waals surface area contributed by atoms with Crippen molar-refractivity contribution >= 4 is 11.1 Å². The summed E-state index contributed by atoms with van der Waals surface area (Å²) < 4.78 is 6.03. The number of rotatable bonds is 9. The van der Waals surface area contributed by atoms with Gasteiger partial charge >= 0.3 is 0 Å². The Hall–Kier alpha value is -2.84. The van der Waals surface area contributed by atoms with Crippen LogP contribution in [0.5, 0.6) is 5.75 Å². The van der Waals surface area contributed by atoms with E-state index in [4.69, 9.17) is 4.74 Å². The summed E-state index contributed by atoms with van der Waals surface area (Å²) in [6.07, 6.45) is 4.58. The summed E-state index contributed by atoms with van der Waals surface area (Å²) >= 11 is 0. The second-order valence-electron chi connectivity index (χ2n) is 8.26. The van der Waals surface area contributed by atoms with Gasteiger partial charge in [0.2, 0.25) is 0 Å². The van der Waals surface area contributed by atoms with Crippen LogP contribution in [-0.4, -0.2) is 31.1 Å². The maximum atomic E-state index is 6.03. The van der Waals surface area contributed by atoms with Gasteiger partial charge in [-0.25, -0.2) is 0 Å². The van der Waals surface area contributed by atoms with Crippen molar-refractivity contribution in [1.82, 2.24) is 4.90 Å². The smallest absolute Gasteiger partial charge is 0.119 e. The van der Waals surface area contributed by atoms with Crippen molar-refractivity contribution in [3.05, 3.63) is 102 Å². The maximum Gasteiger partial charge on any atom is 0.119 e. The Morgan fingerprint density at radius 2 is 1.35 bits per heavy atom. The molecule has 3 aromatic rings. The van der Waals surface area contributed by atoms with E-state index in [0.29, 0.717) is 0 Å². The first-order chi connectivity index (χ1) is 15.3. The Morgan fingerprint density at radius 3 is 2.00 bits per heavy atom. The third-order valence-electron chi connectivity index (χ3n) is 6.14. The molecule has 0 saturated carbocycles. The van der Waals surface area contributed by atoms with E-state index in [2.05, 4.69) is 96.8 Å². The second-order valence-corrected chi connectivity index (χ2v) is 8.26. The van der Waals surface area contributed by atoms with Gasteiger partial charge in [0, 0.05) is 6.54 Å². The topological polar surface area (TPSA) is 12.5 Å². The largest absolute Gasteiger partial charge is 0.492 e. The molecular formula is C29H33NO. The van der Waals surface area contributed by atoms with E-state index in [1.807, 2.05) is 0 Å². The lowest BCUT2D eigenvalue weighted by Crippen LogP contribution is -2.25. The molecule has 3 aromatic carbocycles. The SMILES string of the molecule is CC/C(=C(\Cc1ccccc1)c1ccc(OCCN2CCCC2)cc1)c1ccccc1. The maximum absolute atomic E-state index is 6.03. The van der Waals surface area contributed by atoms with Gasteiger partial charge < -0.3 is 4.74 Å². The fraction of sp³-hybridized carbons (Fsp3) is 0.310. The minimum Gasteiger partial charge on any atom is -0.492 e. The second kappa shape index (κ2) is 11.0. The molecule has 160 valence electrons. The minimum absolute atomic E-state index is 0.760. The summed E-state index contributed by atoms with van der Waals surface area (Å²) in [5.41, 5.74) is 6.72. The van der Waals surface area contributed by atoms with Crippen LogP contribution in [0.25, 0.3) is 11.1 Å². The fourth-order valence-corrected chi connectivity index (χ4v) is 4.47. The Labute approximate surface area is 187 Å². The number of likely N-dealkylation sites (tertiary alicyclic amines) is 1. The molecule has 0 unspecified atom stereocenters. The zero-order chi connectivity index (χ0) is 21.3. The predicted octanol–water partition coefficient (Wildman–Crippen LogP) is 6.72. The molecule has 1 saturated heterocycles. The van der Waals surface area contributed by atoms with Crippen molar-refractivity contribution in [3.63, 3.8) is 0 Å². The molecule has 1 aliphatic rings. The summed E-state index contributed by atoms with van der Waals surface area (Å²) in [6, 6.07) is 30.2. The first kappa shape index (κ1) is 21.4. The van der Waals surface area contributed by atoms with Gasteiger partial charge in [0.25, 0.3) is 0 Å². The quantitative estimate of drug-likeness (QED) is 0.362. The normalized spacial score (nSPS) is 15.0. The van der Waals surface area contributed by atoms with Crippen molar-refractivity contribution in [2.75, 3.05) is 26.2 Å². The molecule has 1 aliphatic heterocycles. The summed E-state index contributed by atoms with van der Waals surface area (Å²) in [4.78, 5) is 2.49. The Balaban J connectivity index is 1.56. The molecule has 31 heavy (non-hydrogen) atoms. The van der Waals surface area contributed by atoms with Crippen LogP contribution in [0.4, 0.5) is 0 Å². The van der Waals surface area contributed by atoms with Gasteiger partial charge in [0.05, 0.1) is 0 Å². The monoisotopic (exact) mass is 411 g/mol. The van der Waals surface area contributed by atoms with Gasteiger partial charge in [-0.15, -0.1) is 0 Å². The van der Waals surface area contributed by atoms with Crippen LogP contribution in [-0.2, 0) is 6.42 Å². The van der Waals surface area contributed by atoms with Crippen LogP contribution in [0.3, 0.4) is 0 Å². The number of allylic oxidation sites excluding steroid dienone is 2. The molecule has 4 rings (SSSR count). The molecule has 0 bridgehead atoms. The Morgan fingerprint density at radius 1 is 0.742 bits per heavy atom. The highest BCUT2D eigenvalue weighted by molar-refractivity contribution is 5.91. The van der Waals surface area contributed by atoms with Crippen molar-refractivity contribution < 1.29 is 4.74 Å². The van der Waals surface area contributed by atoms with Crippen LogP contribution >= 0.6 is 0 Å². The lowest BCUT2D eigenvalue weighted by Gasteiger charge is -2.17. The standard InChI is InChI=1S/C29H33NO/c1-2-28(25-13-7-4-8-14-25)29(23-24-11-5-3-6-12-24)26-15-17-27(18-16-26)31-22-21-30-19-9-10-20-30/h3-8,11-18H,2,9-10,19-23H2,1H3/b29-28-. The van der Waals surface area contributed by atoms with Crippen LogP contribution in [0.15, 0.2) is 84.9 Å². The third kappa shape index (κ3) is 5.86. The van der Waals surface area contributed by atoms with Crippen molar-refractivity contribution in [2.45, 2.75) is 32.6 Å². The van der Waals surface area contributed by atoms with Gasteiger partial charge in [-0.1, -0.05) is 79.7 Å². The zero-order valence-corrected chi connectivity index (χ0v) is 18.6. The lowest BCUT2D eigenvalue weighted by atomic mass is 9.89. The molecule has 0 aliphatic carbocycles. The van der Waals surface area contributed by atoms with Crippen molar-refractivity contribution in [3.8, 4) is 5.75 Å². The molecule has 0 atom stereocenters. The summed E-state index contributed by atoms with van der Waals surface area (Å²) in [5.74, 6) is 0.958. The van der Waals surface area contributed by atoms with E-state index >= 15 is 0 Å². The zero-order valence-electron chi connectivity index (χ0n) is 18.6. The Kier molecular flexibility index (Phi) is 7.57. The first-order valence-electron chi connectivity index (χ1n) is 11.6. The molecular weight excluding hydrogens is 378 g/mol. The van der Waals surface area contributed by atoms with Crippen LogP contribution in [0.2, 0.25) is 0 Å². The average Bonchev–Trinajstić information content (AvgIpc) is 3.34. The first-order valence-corrected chi connectivity index (χ1v) is 11.6. The molecule has 1 heterocycles. The van der Waals surface area contributed by atoms with Crippen LogP contribution < -0.4 is 4.74 Å². The van der Waals surface area contributed by atoms with Gasteiger partial charge in [-0.3, -0.25) is 4.90 Å². The molecule has 0 radical (unpaired) electrons. The number of nitrogens with zero attached hydrogens (tertiary/aromatic N) is 1. The number of hydrogen-bond acceptors (Lipinski definition) is 2. The van der Waals surface area contributed by atoms with Crippen LogP contribution in [0.1, 0.15) is 42.9 Å². The Bertz CT molecular complexity index is 955. The molecule has 2 heteroatoms. The van der Waals surface area contributed by atoms with Gasteiger partial charge in [-0.05, 0) is 78.7 Å². The minimum atomic E-state index is 0.760. The van der Waals surface area contributed by atoms with E-state index in [1.165, 1.54) is 53.8 Å². The lowest BCUT2D eigenvalue weighted by molar-refractivity contribution is 0.238. The predicted molar refractivity (Wildman–Crippen MR) is 131 cm³/mol. The number of hydrogen-bond donors (Lipinski definition) is 0. The van der Waals surface area contributed by atoms with Crippen molar-refractivity contribution in [2.24, 2.45) is 0 Å². The van der Waals surface area contributed by atoms with E-state index in [0.717, 1.165) is 31.7 Å². The molecule has 2 nitrogen and oxygen atoms in total. The van der Waals surface area contributed by atoms with E-state index in [1.54, 1.807) is 0 Å². The fourth-order valence-electron chi connectivity index (χ4n) is 4.47. The van der Waals surface area contributed by atoms with Crippen LogP contribution in [0, 0.1) is 0 Å². The summed E-state index contributed by atoms with van der Waals surface area (Å²) in [5, 5.41) is 0. The molecule has 0 amide bonds. The van der Waals surface area contributed by atoms with Gasteiger partial charge in [-0.2, -0.15) is 0 Å². The molecule has 0 N–H and O–H groups in total. The summed E-state index contributed by atoms with van der Waals surface area (Å²) in [7, 11) is 0. The molecule has 0 aromatic heterocycles. The number of ether oxygens (including phenoxy) is 1.